The molecule has 0 amide bonds. The largest absolute Gasteiger partial charge is 0.478 e. The van der Waals surface area contributed by atoms with E-state index < -0.39 is 0 Å². The first-order chi connectivity index (χ1) is 10.9. The summed E-state index contributed by atoms with van der Waals surface area (Å²) in [5.74, 6) is 2.06. The number of nitrogens with zero attached hydrogens (tertiary/aromatic N) is 3. The first kappa shape index (κ1) is 17.1. The Hall–Kier alpha value is -2.28. The van der Waals surface area contributed by atoms with Gasteiger partial charge in [-0.3, -0.25) is 0 Å². The van der Waals surface area contributed by atoms with Gasteiger partial charge in [0.25, 0.3) is 0 Å². The van der Waals surface area contributed by atoms with Crippen LogP contribution in [0.3, 0.4) is 0 Å². The lowest BCUT2D eigenvalue weighted by molar-refractivity contribution is 0.363. The molecule has 1 aromatic heterocycles. The van der Waals surface area contributed by atoms with Crippen molar-refractivity contribution in [2.75, 3.05) is 18.1 Å². The van der Waals surface area contributed by atoms with Crippen LogP contribution < -0.4 is 20.9 Å². The minimum Gasteiger partial charge on any atom is -0.478 e. The number of aromatic nitrogens is 2. The summed E-state index contributed by atoms with van der Waals surface area (Å²) in [5.41, 5.74) is 12.2. The van der Waals surface area contributed by atoms with E-state index in [0.29, 0.717) is 17.2 Å². The van der Waals surface area contributed by atoms with E-state index in [2.05, 4.69) is 32.6 Å². The summed E-state index contributed by atoms with van der Waals surface area (Å²) >= 11 is 2.13. The van der Waals surface area contributed by atoms with Crippen molar-refractivity contribution in [3.63, 3.8) is 0 Å². The first-order valence-corrected chi connectivity index (χ1v) is 7.89. The van der Waals surface area contributed by atoms with Gasteiger partial charge >= 0.3 is 0 Å². The van der Waals surface area contributed by atoms with Crippen LogP contribution in [-0.2, 0) is 0 Å². The van der Waals surface area contributed by atoms with Crippen LogP contribution >= 0.6 is 22.6 Å². The normalized spacial score (nSPS) is 10.4. The van der Waals surface area contributed by atoms with Gasteiger partial charge in [0.2, 0.25) is 5.95 Å². The van der Waals surface area contributed by atoms with Crippen LogP contribution in [-0.4, -0.2) is 16.6 Å². The zero-order valence-corrected chi connectivity index (χ0v) is 14.9. The van der Waals surface area contributed by atoms with E-state index in [4.69, 9.17) is 26.2 Å². The highest BCUT2D eigenvalue weighted by atomic mass is 127. The Kier molecular flexibility index (Phi) is 5.44. The van der Waals surface area contributed by atoms with Crippen LogP contribution in [0.15, 0.2) is 18.3 Å². The van der Waals surface area contributed by atoms with Gasteiger partial charge < -0.3 is 20.9 Å². The fourth-order valence-corrected chi connectivity index (χ4v) is 2.50. The second kappa shape index (κ2) is 7.32. The topological polar surface area (TPSA) is 120 Å². The summed E-state index contributed by atoms with van der Waals surface area (Å²) < 4.78 is 12.1. The minimum atomic E-state index is -0.00745. The number of nitrogen functional groups attached to an aromatic ring is 2. The number of ether oxygens (including phenoxy) is 2. The predicted octanol–water partition coefficient (Wildman–Crippen LogP) is 3.06. The van der Waals surface area contributed by atoms with Crippen molar-refractivity contribution < 1.29 is 9.47 Å². The molecule has 0 aliphatic heterocycles. The fraction of sp³-hybridized carbons (Fsp3) is 0.267. The molecule has 0 atom stereocenters. The Morgan fingerprint density at radius 3 is 2.61 bits per heavy atom. The molecule has 120 valence electrons. The standard InChI is InChI=1S/C15H16IN5O2/c1-8(2)9-5-12(22-4-3-17)10(16)6-11(9)23-13-7-20-15(19)21-14(13)18/h5-8H,4H2,1-2H3,(H4,18,19,20,21). The van der Waals surface area contributed by atoms with Crippen LogP contribution in [0, 0.1) is 14.9 Å². The van der Waals surface area contributed by atoms with Gasteiger partial charge in [-0.1, -0.05) is 13.8 Å². The predicted molar refractivity (Wildman–Crippen MR) is 95.3 cm³/mol. The van der Waals surface area contributed by atoms with E-state index in [-0.39, 0.29) is 24.3 Å². The Balaban J connectivity index is 2.41. The van der Waals surface area contributed by atoms with E-state index >= 15 is 0 Å². The molecule has 0 spiro atoms. The van der Waals surface area contributed by atoms with E-state index in [1.807, 2.05) is 32.0 Å². The molecule has 8 heteroatoms. The number of benzene rings is 1. The first-order valence-electron chi connectivity index (χ1n) is 6.81. The number of nitrogens with two attached hydrogens (primary N) is 2. The lowest BCUT2D eigenvalue weighted by atomic mass is 10.0. The SMILES string of the molecule is CC(C)c1cc(OCC#N)c(I)cc1Oc1cnc(N)nc1N. The highest BCUT2D eigenvalue weighted by Crippen LogP contribution is 2.37. The number of halogens is 1. The van der Waals surface area contributed by atoms with Gasteiger partial charge in [0, 0.05) is 5.56 Å². The average molecular weight is 425 g/mol. The summed E-state index contributed by atoms with van der Waals surface area (Å²) in [5, 5.41) is 8.66. The molecule has 2 rings (SSSR count). The molecule has 2 aromatic rings. The number of hydrogen-bond acceptors (Lipinski definition) is 7. The molecular formula is C15H16IN5O2. The zero-order valence-electron chi connectivity index (χ0n) is 12.7. The van der Waals surface area contributed by atoms with Gasteiger partial charge in [-0.15, -0.1) is 0 Å². The van der Waals surface area contributed by atoms with Crippen molar-refractivity contribution in [1.29, 1.82) is 5.26 Å². The molecule has 0 bridgehead atoms. The smallest absolute Gasteiger partial charge is 0.222 e. The summed E-state index contributed by atoms with van der Waals surface area (Å²) in [7, 11) is 0. The molecule has 23 heavy (non-hydrogen) atoms. The zero-order chi connectivity index (χ0) is 17.0. The van der Waals surface area contributed by atoms with E-state index in [1.54, 1.807) is 0 Å². The Morgan fingerprint density at radius 2 is 2.00 bits per heavy atom. The maximum atomic E-state index is 8.66. The minimum absolute atomic E-state index is 0.00745. The molecule has 1 aromatic carbocycles. The summed E-state index contributed by atoms with van der Waals surface area (Å²) in [6.45, 7) is 4.06. The molecule has 1 heterocycles. The molecule has 0 fully saturated rings. The van der Waals surface area contributed by atoms with Gasteiger partial charge in [0.05, 0.1) is 9.77 Å². The summed E-state index contributed by atoms with van der Waals surface area (Å²) in [6, 6.07) is 5.66. The van der Waals surface area contributed by atoms with Gasteiger partial charge in [-0.05, 0) is 40.6 Å². The van der Waals surface area contributed by atoms with Crippen LogP contribution in [0.25, 0.3) is 0 Å². The van der Waals surface area contributed by atoms with Crippen molar-refractivity contribution in [2.45, 2.75) is 19.8 Å². The molecule has 0 radical (unpaired) electrons. The quantitative estimate of drug-likeness (QED) is 0.707. The Morgan fingerprint density at radius 1 is 1.26 bits per heavy atom. The van der Waals surface area contributed by atoms with Crippen LogP contribution in [0.2, 0.25) is 0 Å². The third-order valence-corrected chi connectivity index (χ3v) is 3.84. The van der Waals surface area contributed by atoms with E-state index in [9.17, 15) is 0 Å². The molecule has 0 unspecified atom stereocenters. The molecule has 4 N–H and O–H groups in total. The number of nitriles is 1. The Bertz CT molecular complexity index is 758. The molecule has 0 saturated carbocycles. The molecule has 7 nitrogen and oxygen atoms in total. The molecular weight excluding hydrogens is 409 g/mol. The van der Waals surface area contributed by atoms with Crippen molar-refractivity contribution in [3.05, 3.63) is 27.5 Å². The van der Waals surface area contributed by atoms with Crippen molar-refractivity contribution >= 4 is 34.4 Å². The Labute approximate surface area is 147 Å². The third-order valence-electron chi connectivity index (χ3n) is 3.00. The highest BCUT2D eigenvalue weighted by molar-refractivity contribution is 14.1. The second-order valence-corrected chi connectivity index (χ2v) is 6.16. The lowest BCUT2D eigenvalue weighted by Gasteiger charge is -2.17. The van der Waals surface area contributed by atoms with Crippen LogP contribution in [0.4, 0.5) is 11.8 Å². The number of anilines is 2. The highest BCUT2D eigenvalue weighted by Gasteiger charge is 2.16. The summed E-state index contributed by atoms with van der Waals surface area (Å²) in [4.78, 5) is 7.77. The van der Waals surface area contributed by atoms with Crippen molar-refractivity contribution in [1.82, 2.24) is 9.97 Å². The number of rotatable bonds is 5. The maximum Gasteiger partial charge on any atom is 0.222 e. The van der Waals surface area contributed by atoms with Crippen LogP contribution in [0.1, 0.15) is 25.3 Å². The van der Waals surface area contributed by atoms with Gasteiger partial charge in [0.1, 0.15) is 17.6 Å². The molecule has 0 aliphatic carbocycles. The molecule has 0 saturated heterocycles. The maximum absolute atomic E-state index is 8.66. The van der Waals surface area contributed by atoms with E-state index in [0.717, 1.165) is 9.13 Å². The van der Waals surface area contributed by atoms with Crippen molar-refractivity contribution in [2.24, 2.45) is 0 Å². The lowest BCUT2D eigenvalue weighted by Crippen LogP contribution is -2.04. The monoisotopic (exact) mass is 425 g/mol. The fourth-order valence-electron chi connectivity index (χ4n) is 1.91. The van der Waals surface area contributed by atoms with Crippen molar-refractivity contribution in [3.8, 4) is 23.3 Å². The second-order valence-electron chi connectivity index (χ2n) is 5.00. The molecule has 0 aliphatic rings. The third kappa shape index (κ3) is 4.13. The number of hydrogen-bond donors (Lipinski definition) is 2. The van der Waals surface area contributed by atoms with E-state index in [1.165, 1.54) is 6.20 Å². The summed E-state index contributed by atoms with van der Waals surface area (Å²) in [6.07, 6.45) is 1.44. The van der Waals surface area contributed by atoms with Gasteiger partial charge in [-0.25, -0.2) is 4.98 Å². The van der Waals surface area contributed by atoms with Gasteiger partial charge in [0.15, 0.2) is 18.2 Å². The van der Waals surface area contributed by atoms with Crippen LogP contribution in [0.5, 0.6) is 17.2 Å². The van der Waals surface area contributed by atoms with Gasteiger partial charge in [-0.2, -0.15) is 10.2 Å². The average Bonchev–Trinajstić information content (AvgIpc) is 2.49.